The Balaban J connectivity index is 2.38. The Kier molecular flexibility index (Phi) is 3.10. The average Bonchev–Trinajstić information content (AvgIpc) is 2.71. The molecule has 0 bridgehead atoms. The van der Waals surface area contributed by atoms with E-state index in [9.17, 15) is 0 Å². The lowest BCUT2D eigenvalue weighted by Crippen LogP contribution is -1.90. The van der Waals surface area contributed by atoms with Crippen LogP contribution in [0.25, 0.3) is 11.5 Å². The quantitative estimate of drug-likeness (QED) is 0.834. The number of hydrogen-bond donors (Lipinski definition) is 1. The first kappa shape index (κ1) is 11.0. The summed E-state index contributed by atoms with van der Waals surface area (Å²) in [6.07, 6.45) is 1.77. The van der Waals surface area contributed by atoms with Gasteiger partial charge in [-0.2, -0.15) is 4.98 Å². The zero-order chi connectivity index (χ0) is 11.5. The summed E-state index contributed by atoms with van der Waals surface area (Å²) in [5.41, 5.74) is 7.08. The van der Waals surface area contributed by atoms with Gasteiger partial charge in [-0.05, 0) is 24.6 Å². The van der Waals surface area contributed by atoms with Gasteiger partial charge < -0.3 is 10.3 Å². The molecule has 0 fully saturated rings. The van der Waals surface area contributed by atoms with Crippen molar-refractivity contribution in [2.24, 2.45) is 0 Å². The summed E-state index contributed by atoms with van der Waals surface area (Å²) >= 11 is 5.89. The normalized spacial score (nSPS) is 10.6. The number of nitrogen functional groups attached to an aromatic ring is 1. The molecule has 0 spiro atoms. The summed E-state index contributed by atoms with van der Waals surface area (Å²) in [7, 11) is 0. The van der Waals surface area contributed by atoms with Crippen LogP contribution in [0.3, 0.4) is 0 Å². The summed E-state index contributed by atoms with van der Waals surface area (Å²) in [5, 5.41) is 4.47. The Morgan fingerprint density at radius 3 is 3.00 bits per heavy atom. The van der Waals surface area contributed by atoms with Crippen LogP contribution in [0.1, 0.15) is 19.2 Å². The van der Waals surface area contributed by atoms with E-state index in [-0.39, 0.29) is 0 Å². The second kappa shape index (κ2) is 4.53. The summed E-state index contributed by atoms with van der Waals surface area (Å²) in [5.74, 6) is 1.11. The molecule has 5 heteroatoms. The molecule has 2 N–H and O–H groups in total. The lowest BCUT2D eigenvalue weighted by atomic mass is 10.2. The Morgan fingerprint density at radius 2 is 2.25 bits per heavy atom. The number of nitrogens with zero attached hydrogens (tertiary/aromatic N) is 2. The van der Waals surface area contributed by atoms with E-state index in [4.69, 9.17) is 21.9 Å². The molecule has 0 atom stereocenters. The first-order valence-corrected chi connectivity index (χ1v) is 5.46. The zero-order valence-electron chi connectivity index (χ0n) is 8.90. The first-order chi connectivity index (χ1) is 7.70. The van der Waals surface area contributed by atoms with Crippen molar-refractivity contribution in [3.8, 4) is 11.5 Å². The van der Waals surface area contributed by atoms with E-state index in [1.54, 1.807) is 18.2 Å². The predicted molar refractivity (Wildman–Crippen MR) is 63.2 cm³/mol. The molecule has 0 saturated heterocycles. The monoisotopic (exact) mass is 237 g/mol. The molecule has 2 aromatic rings. The van der Waals surface area contributed by atoms with Crippen molar-refractivity contribution in [2.75, 3.05) is 5.73 Å². The number of anilines is 1. The van der Waals surface area contributed by atoms with Gasteiger partial charge in [0, 0.05) is 17.1 Å². The number of rotatable bonds is 3. The molecule has 0 aliphatic rings. The SMILES string of the molecule is CCCc1noc(-c2cc(Cl)ccc2N)n1. The lowest BCUT2D eigenvalue weighted by Gasteiger charge is -2.00. The van der Waals surface area contributed by atoms with Gasteiger partial charge in [0.1, 0.15) is 0 Å². The fourth-order valence-electron chi connectivity index (χ4n) is 1.40. The maximum atomic E-state index is 5.89. The highest BCUT2D eigenvalue weighted by molar-refractivity contribution is 6.31. The fourth-order valence-corrected chi connectivity index (χ4v) is 1.57. The van der Waals surface area contributed by atoms with Crippen molar-refractivity contribution in [1.82, 2.24) is 10.1 Å². The van der Waals surface area contributed by atoms with Crippen molar-refractivity contribution < 1.29 is 4.52 Å². The van der Waals surface area contributed by atoms with E-state index in [0.717, 1.165) is 12.8 Å². The molecule has 0 aliphatic carbocycles. The predicted octanol–water partition coefficient (Wildman–Crippen LogP) is 2.92. The van der Waals surface area contributed by atoms with E-state index in [0.29, 0.717) is 28.0 Å². The van der Waals surface area contributed by atoms with Gasteiger partial charge in [-0.15, -0.1) is 0 Å². The Bertz CT molecular complexity index is 496. The van der Waals surface area contributed by atoms with Gasteiger partial charge in [-0.3, -0.25) is 0 Å². The van der Waals surface area contributed by atoms with Gasteiger partial charge in [0.15, 0.2) is 5.82 Å². The molecular weight excluding hydrogens is 226 g/mol. The van der Waals surface area contributed by atoms with Crippen molar-refractivity contribution in [2.45, 2.75) is 19.8 Å². The minimum absolute atomic E-state index is 0.420. The Hall–Kier alpha value is -1.55. The van der Waals surface area contributed by atoms with Crippen LogP contribution in [-0.4, -0.2) is 10.1 Å². The molecular formula is C11H12ClN3O. The van der Waals surface area contributed by atoms with E-state index in [2.05, 4.69) is 17.1 Å². The Labute approximate surface area is 98.4 Å². The molecule has 0 amide bonds. The van der Waals surface area contributed by atoms with Crippen LogP contribution in [0.2, 0.25) is 5.02 Å². The third kappa shape index (κ3) is 2.17. The van der Waals surface area contributed by atoms with Gasteiger partial charge in [-0.25, -0.2) is 0 Å². The lowest BCUT2D eigenvalue weighted by molar-refractivity contribution is 0.422. The molecule has 1 heterocycles. The molecule has 1 aromatic heterocycles. The van der Waals surface area contributed by atoms with Gasteiger partial charge in [0.2, 0.25) is 0 Å². The van der Waals surface area contributed by atoms with Crippen molar-refractivity contribution >= 4 is 17.3 Å². The second-order valence-corrected chi connectivity index (χ2v) is 3.93. The van der Waals surface area contributed by atoms with Crippen LogP contribution < -0.4 is 5.73 Å². The van der Waals surface area contributed by atoms with Crippen molar-refractivity contribution in [3.63, 3.8) is 0 Å². The zero-order valence-corrected chi connectivity index (χ0v) is 9.66. The number of halogens is 1. The van der Waals surface area contributed by atoms with Gasteiger partial charge in [0.05, 0.1) is 5.56 Å². The molecule has 0 unspecified atom stereocenters. The highest BCUT2D eigenvalue weighted by Crippen LogP contribution is 2.27. The van der Waals surface area contributed by atoms with E-state index in [1.165, 1.54) is 0 Å². The second-order valence-electron chi connectivity index (χ2n) is 3.50. The van der Waals surface area contributed by atoms with Crippen LogP contribution >= 0.6 is 11.6 Å². The van der Waals surface area contributed by atoms with Gasteiger partial charge in [0.25, 0.3) is 5.89 Å². The Morgan fingerprint density at radius 1 is 1.44 bits per heavy atom. The third-order valence-electron chi connectivity index (χ3n) is 2.19. The van der Waals surface area contributed by atoms with Crippen LogP contribution in [0.4, 0.5) is 5.69 Å². The van der Waals surface area contributed by atoms with E-state index in [1.807, 2.05) is 0 Å². The molecule has 1 aromatic carbocycles. The summed E-state index contributed by atoms with van der Waals surface area (Å²) < 4.78 is 5.14. The molecule has 16 heavy (non-hydrogen) atoms. The minimum atomic E-state index is 0.420. The highest BCUT2D eigenvalue weighted by Gasteiger charge is 2.11. The number of aromatic nitrogens is 2. The van der Waals surface area contributed by atoms with Crippen LogP contribution in [0.5, 0.6) is 0 Å². The summed E-state index contributed by atoms with van der Waals surface area (Å²) in [6, 6.07) is 5.17. The third-order valence-corrected chi connectivity index (χ3v) is 2.42. The molecule has 0 saturated carbocycles. The van der Waals surface area contributed by atoms with Gasteiger partial charge >= 0.3 is 0 Å². The van der Waals surface area contributed by atoms with Crippen LogP contribution in [0.15, 0.2) is 22.7 Å². The highest BCUT2D eigenvalue weighted by atomic mass is 35.5. The van der Waals surface area contributed by atoms with Gasteiger partial charge in [-0.1, -0.05) is 23.7 Å². The van der Waals surface area contributed by atoms with Crippen molar-refractivity contribution in [3.05, 3.63) is 29.0 Å². The standard InChI is InChI=1S/C11H12ClN3O/c1-2-3-10-14-11(16-15-10)8-6-7(12)4-5-9(8)13/h4-6H,2-3,13H2,1H3. The number of hydrogen-bond acceptors (Lipinski definition) is 4. The first-order valence-electron chi connectivity index (χ1n) is 5.08. The van der Waals surface area contributed by atoms with Crippen molar-refractivity contribution in [1.29, 1.82) is 0 Å². The maximum Gasteiger partial charge on any atom is 0.260 e. The van der Waals surface area contributed by atoms with E-state index < -0.39 is 0 Å². The molecule has 0 radical (unpaired) electrons. The number of benzene rings is 1. The molecule has 84 valence electrons. The smallest absolute Gasteiger partial charge is 0.260 e. The van der Waals surface area contributed by atoms with Crippen LogP contribution in [0, 0.1) is 0 Å². The molecule has 4 nitrogen and oxygen atoms in total. The molecule has 2 rings (SSSR count). The largest absolute Gasteiger partial charge is 0.398 e. The molecule has 0 aliphatic heterocycles. The van der Waals surface area contributed by atoms with Crippen LogP contribution in [-0.2, 0) is 6.42 Å². The van der Waals surface area contributed by atoms with E-state index >= 15 is 0 Å². The summed E-state index contributed by atoms with van der Waals surface area (Å²) in [4.78, 5) is 4.26. The number of aryl methyl sites for hydroxylation is 1. The number of nitrogens with two attached hydrogens (primary N) is 1. The fraction of sp³-hybridized carbons (Fsp3) is 0.273. The minimum Gasteiger partial charge on any atom is -0.398 e. The summed E-state index contributed by atoms with van der Waals surface area (Å²) in [6.45, 7) is 2.06. The maximum absolute atomic E-state index is 5.89. The average molecular weight is 238 g/mol. The topological polar surface area (TPSA) is 64.9 Å².